The molecule has 0 saturated carbocycles. The summed E-state index contributed by atoms with van der Waals surface area (Å²) in [5.41, 5.74) is 2.75. The molecule has 4 nitrogen and oxygen atoms in total. The van der Waals surface area contributed by atoms with Crippen LogP contribution in [-0.2, 0) is 20.1 Å². The van der Waals surface area contributed by atoms with Crippen LogP contribution in [0.1, 0.15) is 34.9 Å². The first kappa shape index (κ1) is 20.0. The van der Waals surface area contributed by atoms with E-state index in [1.54, 1.807) is 0 Å². The number of carbonyl (C=O) groups excluding carboxylic acids is 1. The maximum atomic E-state index is 12.9. The SMILES string of the molecule is CC(NCC(=O)OS(=O)C(c1ccccc1)c1ccccc1)c1ccccc1. The molecule has 0 aliphatic rings. The van der Waals surface area contributed by atoms with Gasteiger partial charge in [-0.15, -0.1) is 0 Å². The van der Waals surface area contributed by atoms with Gasteiger partial charge in [-0.25, -0.2) is 9.00 Å². The lowest BCUT2D eigenvalue weighted by molar-refractivity contribution is -0.132. The predicted molar refractivity (Wildman–Crippen MR) is 112 cm³/mol. The van der Waals surface area contributed by atoms with Crippen molar-refractivity contribution in [3.8, 4) is 0 Å². The molecule has 0 spiro atoms. The molecule has 2 unspecified atom stereocenters. The van der Waals surface area contributed by atoms with Crippen LogP contribution in [0.5, 0.6) is 0 Å². The Hall–Kier alpha value is -2.76. The lowest BCUT2D eigenvalue weighted by atomic mass is 10.0. The molecular weight excluding hydrogens is 370 g/mol. The van der Waals surface area contributed by atoms with Crippen molar-refractivity contribution >= 4 is 17.0 Å². The van der Waals surface area contributed by atoms with Gasteiger partial charge in [0, 0.05) is 6.04 Å². The Balaban J connectivity index is 1.66. The summed E-state index contributed by atoms with van der Waals surface area (Å²) in [5.74, 6) is -0.544. The van der Waals surface area contributed by atoms with Gasteiger partial charge < -0.3 is 9.50 Å². The molecule has 0 amide bonds. The van der Waals surface area contributed by atoms with Gasteiger partial charge in [0.25, 0.3) is 0 Å². The Kier molecular flexibility index (Phi) is 7.12. The minimum Gasteiger partial charge on any atom is -0.362 e. The van der Waals surface area contributed by atoms with Gasteiger partial charge in [0.15, 0.2) is 0 Å². The fraction of sp³-hybridized carbons (Fsp3) is 0.174. The molecule has 0 aliphatic carbocycles. The summed E-state index contributed by atoms with van der Waals surface area (Å²) in [7, 11) is 0. The maximum Gasteiger partial charge on any atom is 0.333 e. The molecule has 0 radical (unpaired) electrons. The zero-order valence-corrected chi connectivity index (χ0v) is 16.5. The van der Waals surface area contributed by atoms with Gasteiger partial charge in [0.2, 0.25) is 11.1 Å². The summed E-state index contributed by atoms with van der Waals surface area (Å²) in [4.78, 5) is 12.3. The average molecular weight is 394 g/mol. The Labute approximate surface area is 168 Å². The van der Waals surface area contributed by atoms with Gasteiger partial charge in [-0.2, -0.15) is 0 Å². The predicted octanol–water partition coefficient (Wildman–Crippen LogP) is 4.33. The normalized spacial score (nSPS) is 13.1. The number of carbonyl (C=O) groups is 1. The highest BCUT2D eigenvalue weighted by molar-refractivity contribution is 7.81. The smallest absolute Gasteiger partial charge is 0.333 e. The van der Waals surface area contributed by atoms with E-state index in [0.717, 1.165) is 16.7 Å². The number of nitrogens with one attached hydrogen (secondary N) is 1. The van der Waals surface area contributed by atoms with Crippen molar-refractivity contribution in [1.29, 1.82) is 0 Å². The number of rotatable bonds is 8. The van der Waals surface area contributed by atoms with E-state index >= 15 is 0 Å². The van der Waals surface area contributed by atoms with Gasteiger partial charge in [-0.05, 0) is 23.6 Å². The van der Waals surface area contributed by atoms with E-state index in [2.05, 4.69) is 5.32 Å². The van der Waals surface area contributed by atoms with Crippen molar-refractivity contribution in [1.82, 2.24) is 5.32 Å². The Bertz CT molecular complexity index is 861. The number of hydrogen-bond acceptors (Lipinski definition) is 4. The van der Waals surface area contributed by atoms with Gasteiger partial charge in [-0.3, -0.25) is 0 Å². The second-order valence-corrected chi connectivity index (χ2v) is 7.59. The summed E-state index contributed by atoms with van der Waals surface area (Å²) in [6.07, 6.45) is 0. The fourth-order valence-electron chi connectivity index (χ4n) is 2.94. The molecule has 28 heavy (non-hydrogen) atoms. The molecule has 2 atom stereocenters. The third-order valence-electron chi connectivity index (χ3n) is 4.42. The summed E-state index contributed by atoms with van der Waals surface area (Å²) >= 11 is -1.84. The molecule has 0 aromatic heterocycles. The second-order valence-electron chi connectivity index (χ2n) is 6.43. The van der Waals surface area contributed by atoms with Crippen molar-refractivity contribution in [3.63, 3.8) is 0 Å². The summed E-state index contributed by atoms with van der Waals surface area (Å²) in [6.45, 7) is 1.95. The topological polar surface area (TPSA) is 55.4 Å². The maximum absolute atomic E-state index is 12.9. The van der Waals surface area contributed by atoms with Crippen LogP contribution in [0.4, 0.5) is 0 Å². The molecule has 0 aliphatic heterocycles. The van der Waals surface area contributed by atoms with Crippen molar-refractivity contribution in [2.45, 2.75) is 18.2 Å². The molecule has 3 rings (SSSR count). The highest BCUT2D eigenvalue weighted by Crippen LogP contribution is 2.28. The Morgan fingerprint density at radius 2 is 1.25 bits per heavy atom. The lowest BCUT2D eigenvalue weighted by Crippen LogP contribution is -2.28. The van der Waals surface area contributed by atoms with E-state index in [1.165, 1.54) is 0 Å². The monoisotopic (exact) mass is 393 g/mol. The van der Waals surface area contributed by atoms with Crippen LogP contribution in [0.25, 0.3) is 0 Å². The van der Waals surface area contributed by atoms with E-state index in [-0.39, 0.29) is 12.6 Å². The molecule has 144 valence electrons. The van der Waals surface area contributed by atoms with E-state index in [9.17, 15) is 9.00 Å². The first-order chi connectivity index (χ1) is 13.6. The highest BCUT2D eigenvalue weighted by Gasteiger charge is 2.25. The first-order valence-electron chi connectivity index (χ1n) is 9.15. The van der Waals surface area contributed by atoms with Crippen LogP contribution in [0.15, 0.2) is 91.0 Å². The standard InChI is InChI=1S/C23H23NO3S/c1-18(19-11-5-2-6-12-19)24-17-22(25)27-28(26)23(20-13-7-3-8-14-20)21-15-9-4-10-16-21/h2-16,18,23-24H,17H2,1H3. The van der Waals surface area contributed by atoms with Gasteiger partial charge in [0.05, 0.1) is 6.54 Å². The average Bonchev–Trinajstić information content (AvgIpc) is 2.74. The number of hydrogen-bond donors (Lipinski definition) is 1. The minimum atomic E-state index is -1.84. The summed E-state index contributed by atoms with van der Waals surface area (Å²) in [5, 5.41) is 2.58. The van der Waals surface area contributed by atoms with Crippen LogP contribution < -0.4 is 5.32 Å². The number of benzene rings is 3. The second kappa shape index (κ2) is 9.97. The van der Waals surface area contributed by atoms with Gasteiger partial charge >= 0.3 is 5.97 Å². The summed E-state index contributed by atoms with van der Waals surface area (Å²) in [6, 6.07) is 28.7. The molecule has 0 fully saturated rings. The molecule has 0 heterocycles. The van der Waals surface area contributed by atoms with Crippen LogP contribution in [0.2, 0.25) is 0 Å². The molecule has 3 aromatic rings. The Morgan fingerprint density at radius 3 is 1.71 bits per heavy atom. The van der Waals surface area contributed by atoms with Crippen molar-refractivity contribution in [3.05, 3.63) is 108 Å². The van der Waals surface area contributed by atoms with Crippen LogP contribution in [0, 0.1) is 0 Å². The lowest BCUT2D eigenvalue weighted by Gasteiger charge is -2.18. The largest absolute Gasteiger partial charge is 0.362 e. The minimum absolute atomic E-state index is 0.0128. The first-order valence-corrected chi connectivity index (χ1v) is 10.3. The van der Waals surface area contributed by atoms with E-state index in [1.807, 2.05) is 97.9 Å². The van der Waals surface area contributed by atoms with E-state index in [0.29, 0.717) is 0 Å². The Morgan fingerprint density at radius 1 is 0.821 bits per heavy atom. The van der Waals surface area contributed by atoms with Crippen molar-refractivity contribution < 1.29 is 13.2 Å². The van der Waals surface area contributed by atoms with Crippen LogP contribution in [-0.4, -0.2) is 16.7 Å². The highest BCUT2D eigenvalue weighted by atomic mass is 32.2. The zero-order chi connectivity index (χ0) is 19.8. The van der Waals surface area contributed by atoms with E-state index in [4.69, 9.17) is 4.18 Å². The van der Waals surface area contributed by atoms with Crippen molar-refractivity contribution in [2.24, 2.45) is 0 Å². The van der Waals surface area contributed by atoms with Gasteiger partial charge in [0.1, 0.15) is 5.25 Å². The molecule has 0 bridgehead atoms. The van der Waals surface area contributed by atoms with Crippen LogP contribution >= 0.6 is 0 Å². The van der Waals surface area contributed by atoms with Gasteiger partial charge in [-0.1, -0.05) is 91.0 Å². The molecule has 0 saturated heterocycles. The summed E-state index contributed by atoms with van der Waals surface area (Å²) < 4.78 is 18.2. The van der Waals surface area contributed by atoms with Crippen molar-refractivity contribution in [2.75, 3.05) is 6.54 Å². The van der Waals surface area contributed by atoms with Crippen LogP contribution in [0.3, 0.4) is 0 Å². The molecule has 3 aromatic carbocycles. The molecule has 1 N–H and O–H groups in total. The molecular formula is C23H23NO3S. The third kappa shape index (κ3) is 5.38. The fourth-order valence-corrected chi connectivity index (χ4v) is 4.03. The quantitative estimate of drug-likeness (QED) is 0.619. The third-order valence-corrected chi connectivity index (χ3v) is 5.70. The van der Waals surface area contributed by atoms with E-state index < -0.39 is 22.3 Å². The molecule has 5 heteroatoms. The zero-order valence-electron chi connectivity index (χ0n) is 15.7.